The summed E-state index contributed by atoms with van der Waals surface area (Å²) >= 11 is 0. The molecule has 0 aliphatic heterocycles. The summed E-state index contributed by atoms with van der Waals surface area (Å²) in [6.45, 7) is 2.70. The zero-order chi connectivity index (χ0) is 15.2. The van der Waals surface area contributed by atoms with E-state index in [9.17, 15) is 4.79 Å². The number of hydrogen-bond acceptors (Lipinski definition) is 4. The molecular weight excluding hydrogens is 270 g/mol. The number of carbonyl (C=O) groups is 1. The van der Waals surface area contributed by atoms with Crippen molar-refractivity contribution in [2.75, 3.05) is 31.4 Å². The van der Waals surface area contributed by atoms with Crippen LogP contribution in [0.15, 0.2) is 24.3 Å². The number of amides is 2. The molecule has 0 bridgehead atoms. The number of ether oxygens (including phenoxy) is 2. The molecule has 116 valence electrons. The largest absolute Gasteiger partial charge is 0.379 e. The van der Waals surface area contributed by atoms with Gasteiger partial charge in [0.15, 0.2) is 0 Å². The Balaban J connectivity index is 1.88. The van der Waals surface area contributed by atoms with E-state index < -0.39 is 0 Å². The fourth-order valence-corrected chi connectivity index (χ4v) is 2.47. The Bertz CT molecular complexity index is 464. The third-order valence-corrected chi connectivity index (χ3v) is 3.62. The first-order valence-corrected chi connectivity index (χ1v) is 7.17. The summed E-state index contributed by atoms with van der Waals surface area (Å²) in [5, 5.41) is 8.66. The molecule has 0 aromatic heterocycles. The minimum atomic E-state index is -0.228. The van der Waals surface area contributed by atoms with Gasteiger partial charge in [-0.2, -0.15) is 0 Å². The third-order valence-electron chi connectivity index (χ3n) is 3.62. The highest BCUT2D eigenvalue weighted by atomic mass is 16.5. The smallest absolute Gasteiger partial charge is 0.318 e. The summed E-state index contributed by atoms with van der Waals surface area (Å²) in [6.07, 6.45) is 1.19. The van der Waals surface area contributed by atoms with Gasteiger partial charge in [-0.25, -0.2) is 4.79 Å². The van der Waals surface area contributed by atoms with Crippen molar-refractivity contribution in [3.63, 3.8) is 0 Å². The highest BCUT2D eigenvalue weighted by Gasteiger charge is 2.42. The maximum absolute atomic E-state index is 11.2. The van der Waals surface area contributed by atoms with Gasteiger partial charge in [0.1, 0.15) is 6.10 Å². The summed E-state index contributed by atoms with van der Waals surface area (Å²) in [7, 11) is 3.29. The van der Waals surface area contributed by atoms with Gasteiger partial charge in [-0.15, -0.1) is 0 Å². The molecule has 0 radical (unpaired) electrons. The van der Waals surface area contributed by atoms with Gasteiger partial charge in [-0.1, -0.05) is 0 Å². The highest BCUT2D eigenvalue weighted by Crippen LogP contribution is 2.30. The normalized spacial score (nSPS) is 24.0. The average Bonchev–Trinajstić information content (AvgIpc) is 2.48. The van der Waals surface area contributed by atoms with Crippen molar-refractivity contribution in [1.82, 2.24) is 5.32 Å². The van der Waals surface area contributed by atoms with Gasteiger partial charge in [-0.3, -0.25) is 0 Å². The number of anilines is 2. The predicted molar refractivity (Wildman–Crippen MR) is 82.8 cm³/mol. The zero-order valence-corrected chi connectivity index (χ0v) is 12.7. The van der Waals surface area contributed by atoms with Gasteiger partial charge >= 0.3 is 6.03 Å². The van der Waals surface area contributed by atoms with Crippen LogP contribution in [0.1, 0.15) is 13.3 Å². The molecule has 1 aromatic carbocycles. The minimum Gasteiger partial charge on any atom is -0.379 e. The topological polar surface area (TPSA) is 71.6 Å². The van der Waals surface area contributed by atoms with E-state index in [4.69, 9.17) is 9.47 Å². The average molecular weight is 293 g/mol. The van der Waals surface area contributed by atoms with E-state index in [1.165, 1.54) is 0 Å². The summed E-state index contributed by atoms with van der Waals surface area (Å²) in [4.78, 5) is 11.2. The maximum Gasteiger partial charge on any atom is 0.318 e. The summed E-state index contributed by atoms with van der Waals surface area (Å²) in [5.41, 5.74) is 1.75. The Morgan fingerprint density at radius 1 is 1.29 bits per heavy atom. The van der Waals surface area contributed by atoms with E-state index in [-0.39, 0.29) is 24.3 Å². The Labute approximate surface area is 125 Å². The second kappa shape index (κ2) is 7.28. The molecule has 0 heterocycles. The van der Waals surface area contributed by atoms with Crippen LogP contribution in [0.3, 0.4) is 0 Å². The molecule has 0 spiro atoms. The quantitative estimate of drug-likeness (QED) is 0.750. The molecule has 1 saturated carbocycles. The van der Waals surface area contributed by atoms with Gasteiger partial charge in [0.25, 0.3) is 0 Å². The number of hydrogen-bond donors (Lipinski definition) is 3. The first-order chi connectivity index (χ1) is 10.2. The molecule has 2 amide bonds. The number of methoxy groups -OCH3 is 1. The van der Waals surface area contributed by atoms with Gasteiger partial charge in [0, 0.05) is 32.1 Å². The van der Waals surface area contributed by atoms with Gasteiger partial charge < -0.3 is 25.4 Å². The van der Waals surface area contributed by atoms with Crippen molar-refractivity contribution < 1.29 is 14.3 Å². The Morgan fingerprint density at radius 3 is 2.52 bits per heavy atom. The maximum atomic E-state index is 11.2. The Kier molecular flexibility index (Phi) is 5.41. The molecule has 1 aromatic rings. The van der Waals surface area contributed by atoms with Crippen molar-refractivity contribution in [3.05, 3.63) is 24.3 Å². The lowest BCUT2D eigenvalue weighted by molar-refractivity contribution is -0.118. The number of nitrogens with one attached hydrogen (secondary N) is 3. The van der Waals surface area contributed by atoms with E-state index in [0.717, 1.165) is 17.8 Å². The van der Waals surface area contributed by atoms with Crippen molar-refractivity contribution in [3.8, 4) is 0 Å². The van der Waals surface area contributed by atoms with Crippen molar-refractivity contribution in [2.45, 2.75) is 31.6 Å². The third kappa shape index (κ3) is 3.86. The predicted octanol–water partition coefficient (Wildman–Crippen LogP) is 2.04. The van der Waals surface area contributed by atoms with Crippen molar-refractivity contribution in [2.24, 2.45) is 0 Å². The Hall–Kier alpha value is -1.79. The summed E-state index contributed by atoms with van der Waals surface area (Å²) in [6, 6.07) is 7.62. The van der Waals surface area contributed by atoms with Gasteiger partial charge in [-0.05, 0) is 37.6 Å². The van der Waals surface area contributed by atoms with Crippen LogP contribution < -0.4 is 16.0 Å². The number of carbonyl (C=O) groups excluding carboxylic acids is 1. The lowest BCUT2D eigenvalue weighted by Gasteiger charge is -2.43. The summed E-state index contributed by atoms with van der Waals surface area (Å²) in [5.74, 6) is 0. The SMILES string of the molecule is CCOC1CC(Nc2ccc(NC(=O)NC)cc2)C1OC. The number of urea groups is 1. The van der Waals surface area contributed by atoms with Crippen LogP contribution in [-0.2, 0) is 9.47 Å². The van der Waals surface area contributed by atoms with Gasteiger partial charge in [0.05, 0.1) is 12.1 Å². The zero-order valence-electron chi connectivity index (χ0n) is 12.7. The van der Waals surface area contributed by atoms with Crippen LogP contribution in [0, 0.1) is 0 Å². The first-order valence-electron chi connectivity index (χ1n) is 7.17. The van der Waals surface area contributed by atoms with E-state index in [2.05, 4.69) is 16.0 Å². The minimum absolute atomic E-state index is 0.0774. The van der Waals surface area contributed by atoms with Crippen molar-refractivity contribution >= 4 is 17.4 Å². The van der Waals surface area contributed by atoms with E-state index in [0.29, 0.717) is 6.61 Å². The van der Waals surface area contributed by atoms with E-state index in [1.807, 2.05) is 31.2 Å². The molecule has 21 heavy (non-hydrogen) atoms. The Morgan fingerprint density at radius 2 is 1.95 bits per heavy atom. The standard InChI is InChI=1S/C15H23N3O3/c1-4-21-13-9-12(14(13)20-3)17-10-5-7-11(8-6-10)18-15(19)16-2/h5-8,12-14,17H,4,9H2,1-3H3,(H2,16,18,19). The van der Waals surface area contributed by atoms with E-state index >= 15 is 0 Å². The van der Waals surface area contributed by atoms with E-state index in [1.54, 1.807) is 14.2 Å². The monoisotopic (exact) mass is 293 g/mol. The van der Waals surface area contributed by atoms with Gasteiger partial charge in [0.2, 0.25) is 0 Å². The number of benzene rings is 1. The molecule has 6 heteroatoms. The van der Waals surface area contributed by atoms with Crippen LogP contribution in [0.5, 0.6) is 0 Å². The lowest BCUT2D eigenvalue weighted by atomic mass is 9.85. The van der Waals surface area contributed by atoms with Crippen LogP contribution in [0.25, 0.3) is 0 Å². The fraction of sp³-hybridized carbons (Fsp3) is 0.533. The summed E-state index contributed by atoms with van der Waals surface area (Å²) < 4.78 is 11.1. The molecular formula is C15H23N3O3. The lowest BCUT2D eigenvalue weighted by Crippen LogP contribution is -2.56. The van der Waals surface area contributed by atoms with Crippen LogP contribution >= 0.6 is 0 Å². The molecule has 3 N–H and O–H groups in total. The second-order valence-electron chi connectivity index (χ2n) is 4.96. The molecule has 1 fully saturated rings. The molecule has 2 rings (SSSR count). The molecule has 3 unspecified atom stereocenters. The molecule has 1 aliphatic rings. The highest BCUT2D eigenvalue weighted by molar-refractivity contribution is 5.89. The molecule has 3 atom stereocenters. The van der Waals surface area contributed by atoms with Crippen LogP contribution in [-0.4, -0.2) is 45.0 Å². The molecule has 1 aliphatic carbocycles. The second-order valence-corrected chi connectivity index (χ2v) is 4.96. The molecule has 6 nitrogen and oxygen atoms in total. The molecule has 0 saturated heterocycles. The van der Waals surface area contributed by atoms with Crippen LogP contribution in [0.2, 0.25) is 0 Å². The number of rotatable bonds is 6. The van der Waals surface area contributed by atoms with Crippen molar-refractivity contribution in [1.29, 1.82) is 0 Å². The fourth-order valence-electron chi connectivity index (χ4n) is 2.47. The van der Waals surface area contributed by atoms with Crippen LogP contribution in [0.4, 0.5) is 16.2 Å². The first kappa shape index (κ1) is 15.6.